The molecular weight excluding hydrogens is 451 g/mol. The topological polar surface area (TPSA) is 26.3 Å². The van der Waals surface area contributed by atoms with Crippen LogP contribution in [0.3, 0.4) is 0 Å². The maximum Gasteiger partial charge on any atom is 0.307 e. The summed E-state index contributed by atoms with van der Waals surface area (Å²) in [7, 11) is 1.39. The molecule has 0 saturated heterocycles. The largest absolute Gasteiger partial charge is 0.469 e. The molecule has 0 aliphatic rings. The van der Waals surface area contributed by atoms with E-state index in [1.165, 1.54) is 7.11 Å². The van der Waals surface area contributed by atoms with Crippen LogP contribution in [-0.2, 0) is 37.0 Å². The maximum absolute atomic E-state index is 10.9. The number of carbonyl (C=O) groups excluding carboxylic acids is 1. The summed E-state index contributed by atoms with van der Waals surface area (Å²) in [5.41, 5.74) is 0.987. The van der Waals surface area contributed by atoms with Gasteiger partial charge >= 0.3 is 5.97 Å². The summed E-state index contributed by atoms with van der Waals surface area (Å²) < 4.78 is 5.60. The molecule has 0 N–H and O–H groups in total. The van der Waals surface area contributed by atoms with Crippen LogP contribution in [0.4, 0.5) is 0 Å². The summed E-state index contributed by atoms with van der Waals surface area (Å²) in [6, 6.07) is 8.44. The standard InChI is InChI=1S/C9H8IO2.W/c1-12-9(11)6-7-4-2-3-5-8(7)10;/h2,4-5H,6H2,1H3;/q-1;. The molecule has 0 aliphatic carbocycles. The molecule has 0 bridgehead atoms. The van der Waals surface area contributed by atoms with Gasteiger partial charge in [-0.25, -0.2) is 0 Å². The molecule has 0 spiro atoms. The molecule has 4 heteroatoms. The van der Waals surface area contributed by atoms with Crippen molar-refractivity contribution < 1.29 is 30.6 Å². The Morgan fingerprint density at radius 3 is 2.92 bits per heavy atom. The van der Waals surface area contributed by atoms with E-state index < -0.39 is 0 Å². The number of carbonyl (C=O) groups is 1. The van der Waals surface area contributed by atoms with Crippen molar-refractivity contribution in [2.75, 3.05) is 7.11 Å². The molecule has 0 aromatic heterocycles. The first-order valence-electron chi connectivity index (χ1n) is 3.45. The fraction of sp³-hybridized carbons (Fsp3) is 0.222. The quantitative estimate of drug-likeness (QED) is 0.384. The van der Waals surface area contributed by atoms with Gasteiger partial charge in [0.1, 0.15) is 0 Å². The summed E-state index contributed by atoms with van der Waals surface area (Å²) in [5.74, 6) is -0.209. The number of ether oxygens (including phenoxy) is 1. The van der Waals surface area contributed by atoms with E-state index in [1.807, 2.05) is 12.1 Å². The molecule has 1 aromatic carbocycles. The number of benzene rings is 1. The third kappa shape index (κ3) is 4.23. The van der Waals surface area contributed by atoms with Crippen molar-refractivity contribution in [3.05, 3.63) is 33.4 Å². The molecule has 13 heavy (non-hydrogen) atoms. The smallest absolute Gasteiger partial charge is 0.307 e. The molecule has 0 atom stereocenters. The predicted molar refractivity (Wildman–Crippen MR) is 53.7 cm³/mol. The summed E-state index contributed by atoms with van der Waals surface area (Å²) >= 11 is 2.17. The van der Waals surface area contributed by atoms with Gasteiger partial charge in [0.2, 0.25) is 0 Å². The number of esters is 1. The number of hydrogen-bond acceptors (Lipinski definition) is 2. The Kier molecular flexibility index (Phi) is 6.60. The van der Waals surface area contributed by atoms with Crippen molar-refractivity contribution in [3.63, 3.8) is 0 Å². The maximum atomic E-state index is 10.9. The van der Waals surface area contributed by atoms with Crippen LogP contribution >= 0.6 is 22.6 Å². The van der Waals surface area contributed by atoms with Crippen molar-refractivity contribution in [3.8, 4) is 0 Å². The number of hydrogen-bond donors (Lipinski definition) is 0. The van der Waals surface area contributed by atoms with Gasteiger partial charge < -0.3 is 4.74 Å². The van der Waals surface area contributed by atoms with Gasteiger partial charge in [0.05, 0.1) is 7.11 Å². The van der Waals surface area contributed by atoms with Crippen LogP contribution in [0.25, 0.3) is 0 Å². The normalized spacial score (nSPS) is 8.77. The molecule has 0 amide bonds. The summed E-state index contributed by atoms with van der Waals surface area (Å²) in [4.78, 5) is 10.9. The minimum atomic E-state index is -0.209. The minimum Gasteiger partial charge on any atom is -0.469 e. The molecule has 2 nitrogen and oxygen atoms in total. The Morgan fingerprint density at radius 1 is 1.69 bits per heavy atom. The van der Waals surface area contributed by atoms with Crippen LogP contribution in [0.5, 0.6) is 0 Å². The van der Waals surface area contributed by atoms with Gasteiger partial charge in [-0.1, -0.05) is 3.57 Å². The van der Waals surface area contributed by atoms with E-state index in [-0.39, 0.29) is 27.0 Å². The first kappa shape index (κ1) is 13.1. The van der Waals surface area contributed by atoms with Gasteiger partial charge in [-0.2, -0.15) is 24.3 Å². The SMILES string of the molecule is COC(=O)Cc1cc[c-]cc1I.[W]. The Bertz CT molecular complexity index is 289. The van der Waals surface area contributed by atoms with Gasteiger partial charge in [0.25, 0.3) is 0 Å². The van der Waals surface area contributed by atoms with Crippen LogP contribution in [0, 0.1) is 9.64 Å². The van der Waals surface area contributed by atoms with Crippen molar-refractivity contribution in [2.24, 2.45) is 0 Å². The molecule has 0 heterocycles. The first-order chi connectivity index (χ1) is 5.74. The van der Waals surface area contributed by atoms with E-state index in [4.69, 9.17) is 0 Å². The fourth-order valence-corrected chi connectivity index (χ4v) is 1.36. The van der Waals surface area contributed by atoms with Crippen molar-refractivity contribution in [1.29, 1.82) is 0 Å². The number of methoxy groups -OCH3 is 1. The summed E-state index contributed by atoms with van der Waals surface area (Å²) in [6.45, 7) is 0. The number of halogens is 1. The summed E-state index contributed by atoms with van der Waals surface area (Å²) in [6.07, 6.45) is 0.337. The van der Waals surface area contributed by atoms with E-state index in [0.717, 1.165) is 9.13 Å². The van der Waals surface area contributed by atoms with Crippen molar-refractivity contribution in [1.82, 2.24) is 0 Å². The van der Waals surface area contributed by atoms with Gasteiger partial charge in [0.15, 0.2) is 0 Å². The van der Waals surface area contributed by atoms with E-state index in [9.17, 15) is 4.79 Å². The summed E-state index contributed by atoms with van der Waals surface area (Å²) in [5, 5.41) is 0. The fourth-order valence-electron chi connectivity index (χ4n) is 0.813. The zero-order valence-electron chi connectivity index (χ0n) is 7.04. The minimum absolute atomic E-state index is 0. The van der Waals surface area contributed by atoms with E-state index in [0.29, 0.717) is 6.42 Å². The second-order valence-electron chi connectivity index (χ2n) is 2.27. The molecule has 0 fully saturated rings. The van der Waals surface area contributed by atoms with Crippen molar-refractivity contribution in [2.45, 2.75) is 6.42 Å². The predicted octanol–water partition coefficient (Wildman–Crippen LogP) is 1.80. The monoisotopic (exact) mass is 459 g/mol. The average Bonchev–Trinajstić information content (AvgIpc) is 2.09. The van der Waals surface area contributed by atoms with Crippen molar-refractivity contribution >= 4 is 28.6 Å². The first-order valence-corrected chi connectivity index (χ1v) is 4.53. The molecular formula is C9H8IO2W-. The van der Waals surface area contributed by atoms with Gasteiger partial charge in [-0.15, -0.1) is 28.2 Å². The van der Waals surface area contributed by atoms with Gasteiger partial charge in [-0.3, -0.25) is 4.79 Å². The van der Waals surface area contributed by atoms with Crippen LogP contribution in [0.1, 0.15) is 5.56 Å². The third-order valence-corrected chi connectivity index (χ3v) is 2.46. The van der Waals surface area contributed by atoms with Gasteiger partial charge in [-0.05, 0) is 0 Å². The van der Waals surface area contributed by atoms with E-state index >= 15 is 0 Å². The molecule has 0 unspecified atom stereocenters. The third-order valence-electron chi connectivity index (χ3n) is 1.46. The zero-order chi connectivity index (χ0) is 8.97. The second kappa shape index (κ2) is 6.55. The second-order valence-corrected chi connectivity index (χ2v) is 3.43. The Morgan fingerprint density at radius 2 is 2.38 bits per heavy atom. The van der Waals surface area contributed by atoms with Crippen LogP contribution < -0.4 is 0 Å². The molecule has 0 saturated carbocycles. The Balaban J connectivity index is 0.00000144. The van der Waals surface area contributed by atoms with Crippen LogP contribution in [0.2, 0.25) is 0 Å². The van der Waals surface area contributed by atoms with Crippen LogP contribution in [0.15, 0.2) is 18.2 Å². The molecule has 1 aromatic rings. The zero-order valence-corrected chi connectivity index (χ0v) is 12.1. The Labute approximate surface area is 105 Å². The number of rotatable bonds is 2. The molecule has 70 valence electrons. The average molecular weight is 459 g/mol. The molecule has 1 rings (SSSR count). The van der Waals surface area contributed by atoms with E-state index in [2.05, 4.69) is 33.4 Å². The Hall–Kier alpha value is 0.108. The van der Waals surface area contributed by atoms with Gasteiger partial charge in [0, 0.05) is 27.5 Å². The van der Waals surface area contributed by atoms with E-state index in [1.54, 1.807) is 6.07 Å². The molecule has 0 aliphatic heterocycles. The van der Waals surface area contributed by atoms with Crippen LogP contribution in [-0.4, -0.2) is 13.1 Å². The molecule has 0 radical (unpaired) electrons.